The first-order valence-electron chi connectivity index (χ1n) is 19.1. The molecule has 22 heteroatoms. The van der Waals surface area contributed by atoms with Gasteiger partial charge in [-0.1, -0.05) is 42.5 Å². The van der Waals surface area contributed by atoms with Crippen molar-refractivity contribution >= 4 is 64.3 Å². The van der Waals surface area contributed by atoms with Gasteiger partial charge in [0.1, 0.15) is 31.2 Å². The number of hydrogen-bond donors (Lipinski definition) is 10. The van der Waals surface area contributed by atoms with Gasteiger partial charge >= 0.3 is 23.8 Å². The Morgan fingerprint density at radius 3 is 2.21 bits per heavy atom. The Hall–Kier alpha value is -6.91. The number of carbonyl (C=O) groups excluding carboxylic acids is 5. The Balaban J connectivity index is 1.38. The van der Waals surface area contributed by atoms with Crippen molar-refractivity contribution < 1.29 is 62.8 Å². The zero-order chi connectivity index (χ0) is 44.5. The molecule has 1 saturated heterocycles. The summed E-state index contributed by atoms with van der Waals surface area (Å²) < 4.78 is 17.6. The number of guanidine groups is 1. The normalized spacial score (nSPS) is 14.6. The Morgan fingerprint density at radius 1 is 0.852 bits per heavy atom. The Kier molecular flexibility index (Phi) is 17.2. The van der Waals surface area contributed by atoms with Gasteiger partial charge < -0.3 is 61.5 Å². The van der Waals surface area contributed by atoms with Crippen LogP contribution >= 0.6 is 0 Å². The van der Waals surface area contributed by atoms with Crippen molar-refractivity contribution in [2.24, 2.45) is 5.73 Å². The van der Waals surface area contributed by atoms with Gasteiger partial charge in [0.15, 0.2) is 17.0 Å². The number of benzene rings is 2. The van der Waals surface area contributed by atoms with Gasteiger partial charge in [0, 0.05) is 18.5 Å². The second kappa shape index (κ2) is 22.5. The maximum Gasteiger partial charge on any atom is 0.328 e. The van der Waals surface area contributed by atoms with Gasteiger partial charge in [-0.15, -0.1) is 0 Å². The minimum atomic E-state index is -1.78. The van der Waals surface area contributed by atoms with Gasteiger partial charge in [-0.05, 0) is 24.5 Å². The molecule has 0 radical (unpaired) electrons. The van der Waals surface area contributed by atoms with Crippen LogP contribution in [-0.2, 0) is 43.0 Å². The molecule has 22 nitrogen and oxygen atoms in total. The Labute approximate surface area is 347 Å². The standard InChI is InChI=1S/C39H48N8O14/c40-39(41)42-13-5-10-26(36(55)43-20-31(51)45-27(18-33(52)53)37(56)46-28(21-48)38(57)58)44-30(50)11-12-34(54)60-22-47(14-16-59-17-15-47)32-19-29(49)25-9-4-8-24(35(25)61-32)23-6-2-1-3-7-23/h1-4,6-9,19,26-28,48H,5,10-18,20-22H2,(H9-,40,41,42,43,44,45,46,50,51,52,53,55,56,57,58)/p+1. The number of amides is 4. The molecular formula is C39H49N8O14+. The lowest BCUT2D eigenvalue weighted by atomic mass is 10.0. The summed E-state index contributed by atoms with van der Waals surface area (Å²) in [7, 11) is 0. The number of carbonyl (C=O) groups is 7. The molecule has 1 aliphatic rings. The lowest BCUT2D eigenvalue weighted by Gasteiger charge is -2.37. The second-order valence-electron chi connectivity index (χ2n) is 14.0. The lowest BCUT2D eigenvalue weighted by molar-refractivity contribution is -0.151. The maximum atomic E-state index is 13.4. The number of nitrogens with two attached hydrogens (primary N) is 1. The summed E-state index contributed by atoms with van der Waals surface area (Å²) >= 11 is 0. The van der Waals surface area contributed by atoms with Crippen molar-refractivity contribution in [1.29, 1.82) is 5.41 Å². The van der Waals surface area contributed by atoms with Crippen LogP contribution in [0.5, 0.6) is 0 Å². The van der Waals surface area contributed by atoms with Crippen LogP contribution in [-0.4, -0.2) is 134 Å². The van der Waals surface area contributed by atoms with E-state index in [1.54, 1.807) is 12.1 Å². The topological polar surface area (TPSA) is 339 Å². The quantitative estimate of drug-likeness (QED) is 0.0180. The summed E-state index contributed by atoms with van der Waals surface area (Å²) in [6.07, 6.45) is -1.62. The third kappa shape index (κ3) is 13.8. The van der Waals surface area contributed by atoms with E-state index in [0.717, 1.165) is 5.56 Å². The summed E-state index contributed by atoms with van der Waals surface area (Å²) in [5.74, 6) is -7.83. The first-order valence-corrected chi connectivity index (χ1v) is 19.1. The minimum Gasteiger partial charge on any atom is -0.481 e. The molecule has 1 fully saturated rings. The largest absolute Gasteiger partial charge is 0.481 e. The van der Waals surface area contributed by atoms with E-state index in [1.807, 2.05) is 41.7 Å². The van der Waals surface area contributed by atoms with Crippen molar-refractivity contribution in [1.82, 2.24) is 31.1 Å². The number of carboxylic acid groups (broad SMARTS) is 2. The van der Waals surface area contributed by atoms with Crippen molar-refractivity contribution in [2.45, 2.75) is 50.2 Å². The molecule has 0 saturated carbocycles. The molecule has 2 heterocycles. The molecule has 2 aromatic carbocycles. The second-order valence-corrected chi connectivity index (χ2v) is 14.0. The Bertz CT molecular complexity index is 2140. The van der Waals surface area contributed by atoms with Crippen LogP contribution in [0.25, 0.3) is 22.1 Å². The molecule has 0 spiro atoms. The molecule has 1 aromatic heterocycles. The molecule has 1 aliphatic heterocycles. The first-order chi connectivity index (χ1) is 29.1. The number of quaternary nitrogens is 1. The molecule has 4 amide bonds. The van der Waals surface area contributed by atoms with Crippen molar-refractivity contribution in [3.8, 4) is 11.1 Å². The average Bonchev–Trinajstić information content (AvgIpc) is 3.24. The number of esters is 1. The van der Waals surface area contributed by atoms with Crippen LogP contribution in [0.2, 0.25) is 0 Å². The summed E-state index contributed by atoms with van der Waals surface area (Å²) in [6, 6.07) is 11.2. The Morgan fingerprint density at radius 2 is 1.56 bits per heavy atom. The summed E-state index contributed by atoms with van der Waals surface area (Å²) in [5.41, 5.74) is 6.95. The third-order valence-corrected chi connectivity index (χ3v) is 9.54. The van der Waals surface area contributed by atoms with E-state index in [1.165, 1.54) is 6.07 Å². The van der Waals surface area contributed by atoms with Crippen LogP contribution in [0.4, 0.5) is 5.88 Å². The van der Waals surface area contributed by atoms with Crippen molar-refractivity contribution in [2.75, 3.05) is 52.7 Å². The van der Waals surface area contributed by atoms with Crippen molar-refractivity contribution in [3.05, 3.63) is 64.8 Å². The predicted octanol–water partition coefficient (Wildman–Crippen LogP) is -1.54. The number of fused-ring (bicyclic) bond motifs is 1. The number of carboxylic acids is 2. The SMILES string of the molecule is N=C(N)NCCCC(NC(=O)CCC(=O)OC[N+]1(c2cc(=O)c3cccc(-c4ccccc4)c3o2)CCOCC1)C(=O)NCC(=O)NC(CC(=O)O)C(=O)NC(CO)C(=O)O. The fourth-order valence-electron chi connectivity index (χ4n) is 6.27. The maximum absolute atomic E-state index is 13.4. The van der Waals surface area contributed by atoms with Gasteiger partial charge in [-0.3, -0.25) is 39.0 Å². The van der Waals surface area contributed by atoms with Gasteiger partial charge in [-0.2, -0.15) is 0 Å². The van der Waals surface area contributed by atoms with Gasteiger partial charge in [0.25, 0.3) is 0 Å². The number of para-hydroxylation sites is 1. The molecule has 0 bridgehead atoms. The highest BCUT2D eigenvalue weighted by molar-refractivity contribution is 5.95. The van der Waals surface area contributed by atoms with E-state index in [4.69, 9.17) is 30.1 Å². The highest BCUT2D eigenvalue weighted by Gasteiger charge is 2.38. The van der Waals surface area contributed by atoms with Crippen molar-refractivity contribution in [3.63, 3.8) is 0 Å². The summed E-state index contributed by atoms with van der Waals surface area (Å²) in [6.45, 7) is -0.730. The monoisotopic (exact) mass is 853 g/mol. The van der Waals surface area contributed by atoms with E-state index in [2.05, 4.69) is 21.3 Å². The van der Waals surface area contributed by atoms with Gasteiger partial charge in [-0.25, -0.2) is 9.28 Å². The molecule has 61 heavy (non-hydrogen) atoms. The molecule has 328 valence electrons. The van der Waals surface area contributed by atoms with Crippen LogP contribution < -0.4 is 42.2 Å². The highest BCUT2D eigenvalue weighted by Crippen LogP contribution is 2.33. The van der Waals surface area contributed by atoms with E-state index in [9.17, 15) is 48.6 Å². The molecule has 3 aromatic rings. The number of morpholine rings is 1. The number of rotatable bonds is 22. The number of nitrogens with zero attached hydrogens (tertiary/aromatic N) is 1. The molecule has 11 N–H and O–H groups in total. The number of aliphatic hydroxyl groups is 1. The number of ether oxygens (including phenoxy) is 2. The van der Waals surface area contributed by atoms with Gasteiger partial charge in [0.2, 0.25) is 30.4 Å². The number of aliphatic carboxylic acids is 2. The minimum absolute atomic E-state index is 0.0310. The molecule has 4 rings (SSSR count). The van der Waals surface area contributed by atoms with Crippen LogP contribution in [0.1, 0.15) is 32.1 Å². The van der Waals surface area contributed by atoms with Crippen LogP contribution in [0, 0.1) is 5.41 Å². The van der Waals surface area contributed by atoms with Gasteiger partial charge in [0.05, 0.1) is 50.7 Å². The zero-order valence-corrected chi connectivity index (χ0v) is 33.0. The highest BCUT2D eigenvalue weighted by atomic mass is 16.6. The molecule has 3 unspecified atom stereocenters. The molecule has 3 atom stereocenters. The fourth-order valence-corrected chi connectivity index (χ4v) is 6.27. The number of hydrogen-bond acceptors (Lipinski definition) is 13. The first kappa shape index (κ1) is 46.8. The van der Waals surface area contributed by atoms with Crippen LogP contribution in [0.3, 0.4) is 0 Å². The predicted molar refractivity (Wildman–Crippen MR) is 215 cm³/mol. The zero-order valence-electron chi connectivity index (χ0n) is 33.0. The smallest absolute Gasteiger partial charge is 0.328 e. The van der Waals surface area contributed by atoms with E-state index in [-0.39, 0.29) is 61.1 Å². The average molecular weight is 854 g/mol. The lowest BCUT2D eigenvalue weighted by Crippen LogP contribution is -2.58. The molecule has 0 aliphatic carbocycles. The number of aliphatic hydroxyl groups excluding tert-OH is 1. The van der Waals surface area contributed by atoms with Crippen LogP contribution in [0.15, 0.2) is 63.8 Å². The van der Waals surface area contributed by atoms with E-state index < -0.39 is 92.1 Å². The van der Waals surface area contributed by atoms with E-state index >= 15 is 0 Å². The molecular weight excluding hydrogens is 804 g/mol. The fraction of sp³-hybridized carbons (Fsp3) is 0.410. The summed E-state index contributed by atoms with van der Waals surface area (Å²) in [5, 5.41) is 46.4. The third-order valence-electron chi connectivity index (χ3n) is 9.54. The summed E-state index contributed by atoms with van der Waals surface area (Å²) in [4.78, 5) is 100. The number of nitrogens with one attached hydrogen (secondary N) is 6. The van der Waals surface area contributed by atoms with E-state index in [0.29, 0.717) is 29.6 Å².